The molecule has 0 aromatic carbocycles. The molecule has 1 saturated heterocycles. The van der Waals surface area contributed by atoms with Crippen molar-refractivity contribution in [2.75, 3.05) is 26.2 Å². The van der Waals surface area contributed by atoms with E-state index in [4.69, 9.17) is 11.6 Å². The van der Waals surface area contributed by atoms with E-state index in [2.05, 4.69) is 40.0 Å². The lowest BCUT2D eigenvalue weighted by molar-refractivity contribution is 0.155. The van der Waals surface area contributed by atoms with E-state index in [-0.39, 0.29) is 0 Å². The van der Waals surface area contributed by atoms with Crippen LogP contribution >= 0.6 is 27.5 Å². The Hall–Kier alpha value is 0.690. The van der Waals surface area contributed by atoms with Gasteiger partial charge in [0.05, 0.1) is 0 Å². The van der Waals surface area contributed by atoms with Gasteiger partial charge >= 0.3 is 0 Å². The molecule has 0 aromatic rings. The summed E-state index contributed by atoms with van der Waals surface area (Å²) < 4.78 is 0. The first kappa shape index (κ1) is 15.7. The van der Waals surface area contributed by atoms with Crippen LogP contribution < -0.4 is 5.32 Å². The number of halogens is 2. The van der Waals surface area contributed by atoms with Gasteiger partial charge in [0.2, 0.25) is 0 Å². The number of alkyl halides is 2. The highest BCUT2D eigenvalue weighted by Gasteiger charge is 2.22. The lowest BCUT2D eigenvalue weighted by Crippen LogP contribution is -2.49. The zero-order valence-corrected chi connectivity index (χ0v) is 13.4. The summed E-state index contributed by atoms with van der Waals surface area (Å²) in [6, 6.07) is 0.694. The van der Waals surface area contributed by atoms with Crippen LogP contribution in [0.4, 0.5) is 0 Å². The van der Waals surface area contributed by atoms with Crippen molar-refractivity contribution in [2.24, 2.45) is 0 Å². The van der Waals surface area contributed by atoms with Gasteiger partial charge in [0.25, 0.3) is 0 Å². The van der Waals surface area contributed by atoms with Gasteiger partial charge in [-0.15, -0.1) is 11.6 Å². The Morgan fingerprint density at radius 1 is 1.29 bits per heavy atom. The van der Waals surface area contributed by atoms with Crippen LogP contribution in [0, 0.1) is 0 Å². The lowest BCUT2D eigenvalue weighted by Gasteiger charge is -2.36. The van der Waals surface area contributed by atoms with E-state index in [0.29, 0.717) is 16.2 Å². The molecule has 0 radical (unpaired) electrons. The van der Waals surface area contributed by atoms with Crippen molar-refractivity contribution in [1.29, 1.82) is 0 Å². The predicted octanol–water partition coefficient (Wildman–Crippen LogP) is 3.23. The smallest absolute Gasteiger partial charge is 0.0334 e. The van der Waals surface area contributed by atoms with Crippen LogP contribution in [0.3, 0.4) is 0 Å². The molecule has 1 fully saturated rings. The molecule has 0 amide bonds. The summed E-state index contributed by atoms with van der Waals surface area (Å²) in [6.07, 6.45) is 4.69. The van der Waals surface area contributed by atoms with Crippen LogP contribution in [0.2, 0.25) is 0 Å². The third-order valence-electron chi connectivity index (χ3n) is 3.52. The summed E-state index contributed by atoms with van der Waals surface area (Å²) in [4.78, 5) is 3.23. The molecule has 0 spiro atoms. The third kappa shape index (κ3) is 6.42. The summed E-state index contributed by atoms with van der Waals surface area (Å²) in [7, 11) is 0. The molecule has 3 unspecified atom stereocenters. The fraction of sp³-hybridized carbons (Fsp3) is 1.00. The Kier molecular flexibility index (Phi) is 8.09. The summed E-state index contributed by atoms with van der Waals surface area (Å²) in [6.45, 7) is 9.04. The maximum atomic E-state index is 6.24. The summed E-state index contributed by atoms with van der Waals surface area (Å²) in [5.41, 5.74) is 0. The van der Waals surface area contributed by atoms with Crippen molar-refractivity contribution in [1.82, 2.24) is 10.2 Å². The standard InChI is InChI=1S/C13H26BrClN2/c1-3-12(15)4-5-13(10-11(2)14)17-8-6-16-7-9-17/h11-13,16H,3-10H2,1-2H3. The zero-order valence-electron chi connectivity index (χ0n) is 11.1. The van der Waals surface area contributed by atoms with Gasteiger partial charge in [0.1, 0.15) is 0 Å². The van der Waals surface area contributed by atoms with Gasteiger partial charge in [0, 0.05) is 42.4 Å². The van der Waals surface area contributed by atoms with E-state index in [0.717, 1.165) is 25.9 Å². The monoisotopic (exact) mass is 324 g/mol. The van der Waals surface area contributed by atoms with Crippen LogP contribution in [0.25, 0.3) is 0 Å². The molecule has 102 valence electrons. The molecule has 3 atom stereocenters. The van der Waals surface area contributed by atoms with Gasteiger partial charge in [-0.25, -0.2) is 0 Å². The SMILES string of the molecule is CCC(Cl)CCC(CC(C)Br)N1CCNCC1. The van der Waals surface area contributed by atoms with Crippen molar-refractivity contribution < 1.29 is 0 Å². The molecule has 0 aliphatic carbocycles. The zero-order chi connectivity index (χ0) is 12.7. The molecule has 1 heterocycles. The number of hydrogen-bond acceptors (Lipinski definition) is 2. The van der Waals surface area contributed by atoms with E-state index in [9.17, 15) is 0 Å². The van der Waals surface area contributed by atoms with Crippen molar-refractivity contribution in [3.8, 4) is 0 Å². The largest absolute Gasteiger partial charge is 0.314 e. The normalized spacial score (nSPS) is 23.3. The molecule has 0 aromatic heterocycles. The van der Waals surface area contributed by atoms with E-state index in [1.807, 2.05) is 0 Å². The second kappa shape index (κ2) is 8.73. The molecular weight excluding hydrogens is 300 g/mol. The van der Waals surface area contributed by atoms with Gasteiger partial charge in [-0.05, 0) is 25.7 Å². The minimum atomic E-state index is 0.353. The number of nitrogens with one attached hydrogen (secondary N) is 1. The van der Waals surface area contributed by atoms with Crippen molar-refractivity contribution in [2.45, 2.75) is 55.8 Å². The van der Waals surface area contributed by atoms with E-state index in [1.165, 1.54) is 25.9 Å². The number of hydrogen-bond donors (Lipinski definition) is 1. The Morgan fingerprint density at radius 3 is 2.47 bits per heavy atom. The molecule has 1 rings (SSSR count). The maximum Gasteiger partial charge on any atom is 0.0334 e. The average molecular weight is 326 g/mol. The molecule has 17 heavy (non-hydrogen) atoms. The first-order valence-corrected chi connectivity index (χ1v) is 8.21. The molecule has 0 saturated carbocycles. The van der Waals surface area contributed by atoms with Gasteiger partial charge in [0.15, 0.2) is 0 Å². The van der Waals surface area contributed by atoms with Gasteiger partial charge in [-0.1, -0.05) is 29.8 Å². The van der Waals surface area contributed by atoms with Crippen molar-refractivity contribution in [3.05, 3.63) is 0 Å². The molecule has 1 aliphatic rings. The van der Waals surface area contributed by atoms with Crippen molar-refractivity contribution in [3.63, 3.8) is 0 Å². The Labute approximate surface area is 120 Å². The van der Waals surface area contributed by atoms with Crippen LogP contribution in [0.5, 0.6) is 0 Å². The number of nitrogens with zero attached hydrogens (tertiary/aromatic N) is 1. The van der Waals surface area contributed by atoms with Gasteiger partial charge < -0.3 is 5.32 Å². The second-order valence-corrected chi connectivity index (χ2v) is 7.22. The Balaban J connectivity index is 2.41. The van der Waals surface area contributed by atoms with Crippen LogP contribution in [0.1, 0.15) is 39.5 Å². The van der Waals surface area contributed by atoms with E-state index < -0.39 is 0 Å². The van der Waals surface area contributed by atoms with E-state index >= 15 is 0 Å². The quantitative estimate of drug-likeness (QED) is 0.723. The Bertz CT molecular complexity index is 196. The minimum absolute atomic E-state index is 0.353. The fourth-order valence-corrected chi connectivity index (χ4v) is 3.01. The number of piperazine rings is 1. The lowest BCUT2D eigenvalue weighted by atomic mass is 10.0. The summed E-state index contributed by atoms with van der Waals surface area (Å²) in [5, 5.41) is 3.77. The maximum absolute atomic E-state index is 6.24. The summed E-state index contributed by atoms with van der Waals surface area (Å²) in [5.74, 6) is 0. The first-order valence-electron chi connectivity index (χ1n) is 6.86. The molecule has 1 aliphatic heterocycles. The minimum Gasteiger partial charge on any atom is -0.314 e. The molecule has 1 N–H and O–H groups in total. The third-order valence-corrected chi connectivity index (χ3v) is 4.42. The number of rotatable bonds is 7. The van der Waals surface area contributed by atoms with Crippen molar-refractivity contribution >= 4 is 27.5 Å². The predicted molar refractivity (Wildman–Crippen MR) is 80.4 cm³/mol. The molecular formula is C13H26BrClN2. The van der Waals surface area contributed by atoms with Crippen LogP contribution in [0.15, 0.2) is 0 Å². The Morgan fingerprint density at radius 2 is 1.94 bits per heavy atom. The highest BCUT2D eigenvalue weighted by Crippen LogP contribution is 2.21. The topological polar surface area (TPSA) is 15.3 Å². The fourth-order valence-electron chi connectivity index (χ4n) is 2.45. The highest BCUT2D eigenvalue weighted by atomic mass is 79.9. The molecule has 0 bridgehead atoms. The molecule has 4 heteroatoms. The van der Waals surface area contributed by atoms with E-state index in [1.54, 1.807) is 0 Å². The highest BCUT2D eigenvalue weighted by molar-refractivity contribution is 9.09. The van der Waals surface area contributed by atoms with Crippen LogP contribution in [-0.4, -0.2) is 47.3 Å². The average Bonchev–Trinajstić information content (AvgIpc) is 2.34. The summed E-state index contributed by atoms with van der Waals surface area (Å²) >= 11 is 9.93. The molecule has 2 nitrogen and oxygen atoms in total. The van der Waals surface area contributed by atoms with Crippen LogP contribution in [-0.2, 0) is 0 Å². The first-order chi connectivity index (χ1) is 8.13. The van der Waals surface area contributed by atoms with Gasteiger partial charge in [-0.3, -0.25) is 4.90 Å². The second-order valence-electron chi connectivity index (χ2n) is 5.04. The van der Waals surface area contributed by atoms with Gasteiger partial charge in [-0.2, -0.15) is 0 Å².